The molecule has 0 saturated heterocycles. The molecule has 0 aliphatic carbocycles. The van der Waals surface area contributed by atoms with Gasteiger partial charge in [-0.2, -0.15) is 0 Å². The normalized spacial score (nSPS) is 11.5. The lowest BCUT2D eigenvalue weighted by Crippen LogP contribution is -2.04. The summed E-state index contributed by atoms with van der Waals surface area (Å²) in [5.74, 6) is -13.6. The molecule has 1 aromatic heterocycles. The number of hydrogen-bond donors (Lipinski definition) is 3. The fourth-order valence-corrected chi connectivity index (χ4v) is 3.57. The van der Waals surface area contributed by atoms with Gasteiger partial charge in [-0.25, -0.2) is 36.5 Å². The second-order valence-corrected chi connectivity index (χ2v) is 7.84. The Bertz CT molecular complexity index is 1490. The van der Waals surface area contributed by atoms with E-state index in [0.29, 0.717) is 22.3 Å². The predicted molar refractivity (Wildman–Crippen MR) is 128 cm³/mol. The number of nitrogens with one attached hydrogen (secondary N) is 1. The summed E-state index contributed by atoms with van der Waals surface area (Å²) in [4.78, 5) is 28.3. The Morgan fingerprint density at radius 1 is 0.658 bits per heavy atom. The van der Waals surface area contributed by atoms with Gasteiger partial charge in [-0.15, -0.1) is 0 Å². The number of aromatic amines is 1. The molecule has 0 spiro atoms. The van der Waals surface area contributed by atoms with Gasteiger partial charge in [0.15, 0.2) is 23.3 Å². The summed E-state index contributed by atoms with van der Waals surface area (Å²) >= 11 is 0. The second kappa shape index (κ2) is 10.5. The Labute approximate surface area is 211 Å². The Hall–Kier alpha value is -5.06. The van der Waals surface area contributed by atoms with E-state index < -0.39 is 52.4 Å². The first kappa shape index (κ1) is 26.0. The summed E-state index contributed by atoms with van der Waals surface area (Å²) in [6.07, 6.45) is 4.53. The van der Waals surface area contributed by atoms with Crippen LogP contribution >= 0.6 is 0 Å². The first-order valence-electron chi connectivity index (χ1n) is 10.7. The Balaban J connectivity index is 1.88. The number of aliphatic carboxylic acids is 2. The van der Waals surface area contributed by atoms with E-state index in [2.05, 4.69) is 9.97 Å². The third kappa shape index (κ3) is 5.21. The molecule has 11 heteroatoms. The van der Waals surface area contributed by atoms with Crippen molar-refractivity contribution in [2.24, 2.45) is 0 Å². The lowest BCUT2D eigenvalue weighted by molar-refractivity contribution is -0.132. The van der Waals surface area contributed by atoms with Crippen LogP contribution in [0.2, 0.25) is 0 Å². The Kier molecular flexibility index (Phi) is 7.19. The Morgan fingerprint density at radius 3 is 1.53 bits per heavy atom. The minimum atomic E-state index is -2.30. The smallest absolute Gasteiger partial charge is 0.328 e. The molecule has 0 saturated carbocycles. The van der Waals surface area contributed by atoms with E-state index in [-0.39, 0.29) is 11.4 Å². The Morgan fingerprint density at radius 2 is 1.08 bits per heavy atom. The van der Waals surface area contributed by atoms with E-state index >= 15 is 0 Å². The lowest BCUT2D eigenvalue weighted by Gasteiger charge is -2.05. The van der Waals surface area contributed by atoms with Crippen molar-refractivity contribution in [1.29, 1.82) is 0 Å². The van der Waals surface area contributed by atoms with Crippen molar-refractivity contribution in [2.45, 2.75) is 0 Å². The van der Waals surface area contributed by atoms with Crippen molar-refractivity contribution < 1.29 is 41.8 Å². The second-order valence-electron chi connectivity index (χ2n) is 7.84. The summed E-state index contributed by atoms with van der Waals surface area (Å²) in [5, 5.41) is 17.6. The molecule has 1 heterocycles. The van der Waals surface area contributed by atoms with Crippen LogP contribution < -0.4 is 0 Å². The van der Waals surface area contributed by atoms with E-state index in [0.717, 1.165) is 12.2 Å². The number of carbonyl (C=O) groups is 2. The fraction of sp³-hybridized carbons (Fsp3) is 0. The van der Waals surface area contributed by atoms with Gasteiger partial charge in [0.05, 0.1) is 17.0 Å². The predicted octanol–water partition coefficient (Wildman–Crippen LogP) is 6.30. The number of halogens is 5. The zero-order valence-electron chi connectivity index (χ0n) is 19.0. The van der Waals surface area contributed by atoms with Crippen LogP contribution in [0, 0.1) is 29.1 Å². The fourth-order valence-electron chi connectivity index (χ4n) is 3.57. The number of hydrogen-bond acceptors (Lipinski definition) is 3. The molecule has 0 fully saturated rings. The van der Waals surface area contributed by atoms with Crippen LogP contribution in [-0.2, 0) is 9.59 Å². The SMILES string of the molecule is O=C(O)C=Cc1ccc(-c2nc(-c3c(F)c(F)c(F)c(F)c3F)[nH]c2-c2ccc(C=CC(=O)O)cc2)cc1. The average molecular weight is 526 g/mol. The summed E-state index contributed by atoms with van der Waals surface area (Å²) in [6.45, 7) is 0. The maximum atomic E-state index is 14.5. The summed E-state index contributed by atoms with van der Waals surface area (Å²) in [6, 6.07) is 12.4. The molecule has 0 atom stereocenters. The average Bonchev–Trinajstić information content (AvgIpc) is 3.34. The van der Waals surface area contributed by atoms with Gasteiger partial charge < -0.3 is 15.2 Å². The van der Waals surface area contributed by atoms with Crippen molar-refractivity contribution in [3.05, 3.63) is 101 Å². The van der Waals surface area contributed by atoms with E-state index in [9.17, 15) is 31.5 Å². The molecule has 0 aliphatic heterocycles. The number of benzene rings is 3. The van der Waals surface area contributed by atoms with E-state index in [4.69, 9.17) is 10.2 Å². The first-order chi connectivity index (χ1) is 18.1. The van der Waals surface area contributed by atoms with Gasteiger partial charge in [-0.1, -0.05) is 48.5 Å². The van der Waals surface area contributed by atoms with Crippen LogP contribution in [0.25, 0.3) is 46.1 Å². The van der Waals surface area contributed by atoms with Crippen molar-refractivity contribution >= 4 is 24.1 Å². The zero-order chi connectivity index (χ0) is 27.6. The molecule has 3 aromatic carbocycles. The molecule has 6 nitrogen and oxygen atoms in total. The maximum Gasteiger partial charge on any atom is 0.328 e. The molecule has 4 aromatic rings. The molecule has 0 bridgehead atoms. The number of H-pyrrole nitrogens is 1. The molecule has 0 amide bonds. The number of carboxylic acid groups (broad SMARTS) is 2. The zero-order valence-corrected chi connectivity index (χ0v) is 19.0. The van der Waals surface area contributed by atoms with Crippen LogP contribution in [-0.4, -0.2) is 32.1 Å². The molecular weight excluding hydrogens is 511 g/mol. The van der Waals surface area contributed by atoms with Gasteiger partial charge in [0.2, 0.25) is 5.82 Å². The highest BCUT2D eigenvalue weighted by atomic mass is 19.2. The molecule has 0 radical (unpaired) electrons. The number of imidazole rings is 1. The third-order valence-electron chi connectivity index (χ3n) is 5.37. The van der Waals surface area contributed by atoms with Crippen LogP contribution in [0.3, 0.4) is 0 Å². The van der Waals surface area contributed by atoms with Gasteiger partial charge in [0.25, 0.3) is 0 Å². The molecule has 0 unspecified atom stereocenters. The van der Waals surface area contributed by atoms with Gasteiger partial charge in [0, 0.05) is 23.3 Å². The largest absolute Gasteiger partial charge is 0.478 e. The number of carboxylic acids is 2. The van der Waals surface area contributed by atoms with Crippen LogP contribution in [0.1, 0.15) is 11.1 Å². The lowest BCUT2D eigenvalue weighted by atomic mass is 10.0. The maximum absolute atomic E-state index is 14.5. The van der Waals surface area contributed by atoms with Crippen molar-refractivity contribution in [1.82, 2.24) is 9.97 Å². The van der Waals surface area contributed by atoms with Crippen molar-refractivity contribution in [3.8, 4) is 33.9 Å². The summed E-state index contributed by atoms with van der Waals surface area (Å²) in [5.41, 5.74) is 0.863. The minimum absolute atomic E-state index is 0.103. The van der Waals surface area contributed by atoms with Crippen molar-refractivity contribution in [3.63, 3.8) is 0 Å². The third-order valence-corrected chi connectivity index (χ3v) is 5.37. The highest BCUT2D eigenvalue weighted by molar-refractivity contribution is 5.87. The van der Waals surface area contributed by atoms with Crippen LogP contribution in [0.4, 0.5) is 22.0 Å². The highest BCUT2D eigenvalue weighted by Crippen LogP contribution is 2.36. The number of nitrogens with zero attached hydrogens (tertiary/aromatic N) is 1. The molecule has 192 valence electrons. The van der Waals surface area contributed by atoms with Crippen molar-refractivity contribution in [2.75, 3.05) is 0 Å². The topological polar surface area (TPSA) is 103 Å². The van der Waals surface area contributed by atoms with Crippen LogP contribution in [0.15, 0.2) is 60.7 Å². The molecule has 0 aliphatic rings. The molecule has 4 rings (SSSR count). The van der Waals surface area contributed by atoms with Gasteiger partial charge in [-0.3, -0.25) is 0 Å². The summed E-state index contributed by atoms with van der Waals surface area (Å²) < 4.78 is 70.5. The minimum Gasteiger partial charge on any atom is -0.478 e. The van der Waals surface area contributed by atoms with Gasteiger partial charge in [-0.05, 0) is 23.3 Å². The molecule has 38 heavy (non-hydrogen) atoms. The van der Waals surface area contributed by atoms with Crippen LogP contribution in [0.5, 0.6) is 0 Å². The molecular formula is C27H15F5N2O4. The first-order valence-corrected chi connectivity index (χ1v) is 10.7. The van der Waals surface area contributed by atoms with E-state index in [1.807, 2.05) is 0 Å². The van der Waals surface area contributed by atoms with E-state index in [1.165, 1.54) is 24.3 Å². The monoisotopic (exact) mass is 526 g/mol. The van der Waals surface area contributed by atoms with Gasteiger partial charge in [0.1, 0.15) is 5.82 Å². The van der Waals surface area contributed by atoms with Gasteiger partial charge >= 0.3 is 11.9 Å². The number of aromatic nitrogens is 2. The molecule has 3 N–H and O–H groups in total. The highest BCUT2D eigenvalue weighted by Gasteiger charge is 2.29. The van der Waals surface area contributed by atoms with E-state index in [1.54, 1.807) is 36.4 Å². The summed E-state index contributed by atoms with van der Waals surface area (Å²) in [7, 11) is 0. The number of rotatable bonds is 7. The quantitative estimate of drug-likeness (QED) is 0.114. The standard InChI is InChI=1S/C27H15F5N2O4/c28-20-19(21(29)23(31)24(32)22(20)30)27-33-25(15-7-1-13(2-8-15)5-11-17(35)36)26(34-27)16-9-3-14(4-10-16)6-12-18(37)38/h1-12H,(H,33,34)(H,35,36)(H,37,38).